The molecule has 3 rings (SSSR count). The van der Waals surface area contributed by atoms with E-state index in [2.05, 4.69) is 27.5 Å². The van der Waals surface area contributed by atoms with E-state index >= 15 is 0 Å². The smallest absolute Gasteiger partial charge is 0.273 e. The number of likely N-dealkylation sites (N-methyl/N-ethyl adjacent to an activating group) is 1. The summed E-state index contributed by atoms with van der Waals surface area (Å²) in [5.74, 6) is 0.345. The average molecular weight is 349 g/mol. The van der Waals surface area contributed by atoms with Crippen LogP contribution in [0.4, 0.5) is 0 Å². The molecule has 0 aliphatic rings. The number of nitrogens with zero attached hydrogens (tertiary/aromatic N) is 2. The maximum absolute atomic E-state index is 12.4. The molecule has 3 aromatic rings. The lowest BCUT2D eigenvalue weighted by Gasteiger charge is -2.24. The van der Waals surface area contributed by atoms with E-state index in [1.807, 2.05) is 63.5 Å². The fourth-order valence-electron chi connectivity index (χ4n) is 2.79. The SMILES string of the molecule is Cc1ccc(-c2cc(C(=O)NC[C@@H](c3ccccc3)N(C)C)no2)cc1. The summed E-state index contributed by atoms with van der Waals surface area (Å²) in [5, 5.41) is 6.86. The predicted octanol–water partition coefficient (Wildman–Crippen LogP) is 3.68. The number of carbonyl (C=O) groups excluding carboxylic acids is 1. The van der Waals surface area contributed by atoms with Gasteiger partial charge in [0, 0.05) is 18.2 Å². The van der Waals surface area contributed by atoms with Crippen LogP contribution in [0, 0.1) is 6.92 Å². The standard InChI is InChI=1S/C21H23N3O2/c1-15-9-11-17(12-10-15)20-13-18(23-26-20)21(25)22-14-19(24(2)3)16-7-5-4-6-8-16/h4-13,19H,14H2,1-3H3,(H,22,25)/t19-/m0/s1. The first-order chi connectivity index (χ1) is 12.5. The van der Waals surface area contributed by atoms with Crippen molar-refractivity contribution in [2.75, 3.05) is 20.6 Å². The van der Waals surface area contributed by atoms with Crippen LogP contribution < -0.4 is 5.32 Å². The quantitative estimate of drug-likeness (QED) is 0.737. The second-order valence-corrected chi connectivity index (χ2v) is 6.54. The van der Waals surface area contributed by atoms with Gasteiger partial charge in [0.2, 0.25) is 0 Å². The number of carbonyl (C=O) groups is 1. The van der Waals surface area contributed by atoms with Gasteiger partial charge in [0.25, 0.3) is 5.91 Å². The molecule has 0 aliphatic carbocycles. The molecule has 1 heterocycles. The van der Waals surface area contributed by atoms with Gasteiger partial charge in [0.05, 0.1) is 6.04 Å². The maximum Gasteiger partial charge on any atom is 0.273 e. The summed E-state index contributed by atoms with van der Waals surface area (Å²) in [7, 11) is 3.99. The van der Waals surface area contributed by atoms with Crippen LogP contribution in [0.1, 0.15) is 27.7 Å². The molecular formula is C21H23N3O2. The third kappa shape index (κ3) is 4.18. The molecule has 0 bridgehead atoms. The second kappa shape index (κ2) is 7.97. The first-order valence-electron chi connectivity index (χ1n) is 8.58. The van der Waals surface area contributed by atoms with E-state index in [4.69, 9.17) is 4.52 Å². The summed E-state index contributed by atoms with van der Waals surface area (Å²) >= 11 is 0. The summed E-state index contributed by atoms with van der Waals surface area (Å²) in [6, 6.07) is 19.8. The second-order valence-electron chi connectivity index (χ2n) is 6.54. The molecule has 1 N–H and O–H groups in total. The molecule has 1 aromatic heterocycles. The van der Waals surface area contributed by atoms with Crippen molar-refractivity contribution in [2.24, 2.45) is 0 Å². The van der Waals surface area contributed by atoms with E-state index in [9.17, 15) is 4.79 Å². The summed E-state index contributed by atoms with van der Waals surface area (Å²) < 4.78 is 5.33. The zero-order valence-electron chi connectivity index (χ0n) is 15.3. The Morgan fingerprint density at radius 1 is 1.12 bits per heavy atom. The Labute approximate surface area is 153 Å². The number of rotatable bonds is 6. The van der Waals surface area contributed by atoms with Crippen LogP contribution in [0.2, 0.25) is 0 Å². The molecular weight excluding hydrogens is 326 g/mol. The van der Waals surface area contributed by atoms with Gasteiger partial charge >= 0.3 is 0 Å². The number of benzene rings is 2. The number of nitrogens with one attached hydrogen (secondary N) is 1. The van der Waals surface area contributed by atoms with Gasteiger partial charge in [-0.25, -0.2) is 0 Å². The number of hydrogen-bond acceptors (Lipinski definition) is 4. The van der Waals surface area contributed by atoms with E-state index in [-0.39, 0.29) is 17.6 Å². The summed E-state index contributed by atoms with van der Waals surface area (Å²) in [6.07, 6.45) is 0. The van der Waals surface area contributed by atoms with Gasteiger partial charge < -0.3 is 14.7 Å². The minimum Gasteiger partial charge on any atom is -0.355 e. The third-order valence-electron chi connectivity index (χ3n) is 4.34. The topological polar surface area (TPSA) is 58.4 Å². The molecule has 0 unspecified atom stereocenters. The van der Waals surface area contributed by atoms with E-state index in [1.54, 1.807) is 6.07 Å². The van der Waals surface area contributed by atoms with Crippen LogP contribution in [0.3, 0.4) is 0 Å². The Morgan fingerprint density at radius 3 is 2.46 bits per heavy atom. The highest BCUT2D eigenvalue weighted by Crippen LogP contribution is 2.21. The molecule has 0 fully saturated rings. The summed E-state index contributed by atoms with van der Waals surface area (Å²) in [5.41, 5.74) is 3.50. The minimum atomic E-state index is -0.241. The first kappa shape index (κ1) is 17.9. The largest absolute Gasteiger partial charge is 0.355 e. The number of aromatic nitrogens is 1. The Balaban J connectivity index is 1.67. The highest BCUT2D eigenvalue weighted by molar-refractivity contribution is 5.93. The van der Waals surface area contributed by atoms with Crippen LogP contribution in [0.25, 0.3) is 11.3 Å². The molecule has 0 saturated heterocycles. The van der Waals surface area contributed by atoms with Gasteiger partial charge in [0.1, 0.15) is 0 Å². The molecule has 0 saturated carbocycles. The van der Waals surface area contributed by atoms with Crippen LogP contribution in [0.5, 0.6) is 0 Å². The van der Waals surface area contributed by atoms with Gasteiger partial charge in [0.15, 0.2) is 11.5 Å². The molecule has 1 amide bonds. The lowest BCUT2D eigenvalue weighted by Crippen LogP contribution is -2.34. The van der Waals surface area contributed by atoms with Gasteiger partial charge in [-0.05, 0) is 26.6 Å². The van der Waals surface area contributed by atoms with Crippen molar-refractivity contribution in [3.63, 3.8) is 0 Å². The third-order valence-corrected chi connectivity index (χ3v) is 4.34. The normalized spacial score (nSPS) is 12.2. The zero-order valence-corrected chi connectivity index (χ0v) is 15.3. The molecule has 0 radical (unpaired) electrons. The summed E-state index contributed by atoms with van der Waals surface area (Å²) in [4.78, 5) is 14.5. The molecule has 5 nitrogen and oxygen atoms in total. The molecule has 5 heteroatoms. The van der Waals surface area contributed by atoms with Crippen LogP contribution >= 0.6 is 0 Å². The Morgan fingerprint density at radius 2 is 1.81 bits per heavy atom. The molecule has 134 valence electrons. The first-order valence-corrected chi connectivity index (χ1v) is 8.58. The highest BCUT2D eigenvalue weighted by atomic mass is 16.5. The van der Waals surface area contributed by atoms with E-state index in [0.29, 0.717) is 12.3 Å². The summed E-state index contributed by atoms with van der Waals surface area (Å²) in [6.45, 7) is 2.51. The number of amides is 1. The molecule has 1 atom stereocenters. The van der Waals surface area contributed by atoms with Gasteiger partial charge in [-0.3, -0.25) is 4.79 Å². The number of hydrogen-bond donors (Lipinski definition) is 1. The van der Waals surface area contributed by atoms with E-state index in [0.717, 1.165) is 11.1 Å². The van der Waals surface area contributed by atoms with E-state index < -0.39 is 0 Å². The lowest BCUT2D eigenvalue weighted by molar-refractivity contribution is 0.0933. The molecule has 26 heavy (non-hydrogen) atoms. The number of aryl methyl sites for hydroxylation is 1. The van der Waals surface area contributed by atoms with Gasteiger partial charge in [-0.15, -0.1) is 0 Å². The Hall–Kier alpha value is -2.92. The van der Waals surface area contributed by atoms with Crippen LogP contribution in [0.15, 0.2) is 65.2 Å². The van der Waals surface area contributed by atoms with E-state index in [1.165, 1.54) is 5.56 Å². The van der Waals surface area contributed by atoms with Gasteiger partial charge in [-0.1, -0.05) is 65.3 Å². The maximum atomic E-state index is 12.4. The van der Waals surface area contributed by atoms with Crippen molar-refractivity contribution >= 4 is 5.91 Å². The van der Waals surface area contributed by atoms with Gasteiger partial charge in [-0.2, -0.15) is 0 Å². The fourth-order valence-corrected chi connectivity index (χ4v) is 2.79. The van der Waals surface area contributed by atoms with Crippen LogP contribution in [-0.2, 0) is 0 Å². The zero-order chi connectivity index (χ0) is 18.5. The van der Waals surface area contributed by atoms with Crippen molar-refractivity contribution in [2.45, 2.75) is 13.0 Å². The molecule has 0 spiro atoms. The fraction of sp³-hybridized carbons (Fsp3) is 0.238. The Kier molecular flexibility index (Phi) is 5.49. The van der Waals surface area contributed by atoms with Crippen molar-refractivity contribution in [1.82, 2.24) is 15.4 Å². The Bertz CT molecular complexity index is 854. The van der Waals surface area contributed by atoms with Crippen molar-refractivity contribution in [3.05, 3.63) is 77.5 Å². The van der Waals surface area contributed by atoms with Crippen molar-refractivity contribution < 1.29 is 9.32 Å². The van der Waals surface area contributed by atoms with Crippen molar-refractivity contribution in [3.8, 4) is 11.3 Å². The highest BCUT2D eigenvalue weighted by Gasteiger charge is 2.18. The van der Waals surface area contributed by atoms with Crippen LogP contribution in [-0.4, -0.2) is 36.6 Å². The lowest BCUT2D eigenvalue weighted by atomic mass is 10.1. The molecule has 0 aliphatic heterocycles. The van der Waals surface area contributed by atoms with Crippen molar-refractivity contribution in [1.29, 1.82) is 0 Å². The molecule has 2 aromatic carbocycles. The monoisotopic (exact) mass is 349 g/mol. The predicted molar refractivity (Wildman–Crippen MR) is 102 cm³/mol. The average Bonchev–Trinajstić information content (AvgIpc) is 3.13. The minimum absolute atomic E-state index is 0.0867.